The number of ether oxygens (including phenoxy) is 1. The molecular weight excluding hydrogens is 311 g/mol. The Balaban J connectivity index is 1.94. The van der Waals surface area contributed by atoms with Crippen LogP contribution in [0.1, 0.15) is 18.4 Å². The number of alkyl halides is 3. The third-order valence-electron chi connectivity index (χ3n) is 4.37. The van der Waals surface area contributed by atoms with Crippen molar-refractivity contribution in [1.82, 2.24) is 4.90 Å². The van der Waals surface area contributed by atoms with Crippen molar-refractivity contribution in [3.05, 3.63) is 29.8 Å². The second kappa shape index (κ2) is 6.78. The van der Waals surface area contributed by atoms with E-state index in [1.54, 1.807) is 25.3 Å². The molecule has 1 amide bonds. The van der Waals surface area contributed by atoms with Gasteiger partial charge in [-0.25, -0.2) is 0 Å². The Labute approximate surface area is 132 Å². The molecule has 0 bridgehead atoms. The molecule has 1 aliphatic rings. The van der Waals surface area contributed by atoms with Gasteiger partial charge in [0.05, 0.1) is 13.7 Å². The Kier molecular flexibility index (Phi) is 5.19. The van der Waals surface area contributed by atoms with Crippen LogP contribution in [-0.4, -0.2) is 48.9 Å². The second-order valence-electron chi connectivity index (χ2n) is 5.85. The van der Waals surface area contributed by atoms with E-state index < -0.39 is 24.7 Å². The van der Waals surface area contributed by atoms with Crippen molar-refractivity contribution in [3.8, 4) is 5.75 Å². The van der Waals surface area contributed by atoms with Crippen LogP contribution in [0.25, 0.3) is 0 Å². The van der Waals surface area contributed by atoms with E-state index >= 15 is 0 Å². The second-order valence-corrected chi connectivity index (χ2v) is 5.85. The van der Waals surface area contributed by atoms with Crippen LogP contribution in [0.4, 0.5) is 13.2 Å². The Hall–Kier alpha value is -1.76. The maximum atomic E-state index is 13.1. The average molecular weight is 331 g/mol. The van der Waals surface area contributed by atoms with Gasteiger partial charge in [0.1, 0.15) is 11.2 Å². The van der Waals surface area contributed by atoms with Gasteiger partial charge in [0.2, 0.25) is 5.91 Å². The highest BCUT2D eigenvalue weighted by Gasteiger charge is 2.58. The van der Waals surface area contributed by atoms with Gasteiger partial charge in [-0.2, -0.15) is 13.2 Å². The number of rotatable bonds is 5. The number of aliphatic hydroxyl groups is 1. The Morgan fingerprint density at radius 1 is 1.43 bits per heavy atom. The van der Waals surface area contributed by atoms with Crippen LogP contribution in [0.5, 0.6) is 5.75 Å². The topological polar surface area (TPSA) is 49.8 Å². The van der Waals surface area contributed by atoms with E-state index in [1.165, 1.54) is 4.90 Å². The van der Waals surface area contributed by atoms with Crippen molar-refractivity contribution in [2.75, 3.05) is 26.8 Å². The quantitative estimate of drug-likeness (QED) is 0.901. The first-order chi connectivity index (χ1) is 10.8. The lowest BCUT2D eigenvalue weighted by Crippen LogP contribution is -2.44. The number of amides is 1. The largest absolute Gasteiger partial charge is 0.497 e. The molecule has 4 nitrogen and oxygen atoms in total. The molecule has 0 spiro atoms. The summed E-state index contributed by atoms with van der Waals surface area (Å²) in [5.41, 5.74) is -1.29. The molecule has 0 saturated carbocycles. The molecule has 23 heavy (non-hydrogen) atoms. The highest BCUT2D eigenvalue weighted by atomic mass is 19.4. The van der Waals surface area contributed by atoms with Gasteiger partial charge in [-0.3, -0.25) is 4.79 Å². The first kappa shape index (κ1) is 17.6. The molecular formula is C16H20F3NO3. The lowest BCUT2D eigenvalue weighted by Gasteiger charge is -2.29. The fourth-order valence-electron chi connectivity index (χ4n) is 2.77. The molecule has 0 aromatic heterocycles. The van der Waals surface area contributed by atoms with E-state index in [4.69, 9.17) is 9.84 Å². The van der Waals surface area contributed by atoms with E-state index in [-0.39, 0.29) is 25.3 Å². The lowest BCUT2D eigenvalue weighted by molar-refractivity contribution is -0.230. The lowest BCUT2D eigenvalue weighted by atomic mass is 9.87. The summed E-state index contributed by atoms with van der Waals surface area (Å²) in [7, 11) is 1.54. The Bertz CT molecular complexity index is 562. The van der Waals surface area contributed by atoms with Crippen LogP contribution >= 0.6 is 0 Å². The predicted octanol–water partition coefficient (Wildman–Crippen LogP) is 2.40. The van der Waals surface area contributed by atoms with Crippen LogP contribution in [0.15, 0.2) is 24.3 Å². The molecule has 0 aliphatic carbocycles. The molecule has 128 valence electrons. The summed E-state index contributed by atoms with van der Waals surface area (Å²) in [5.74, 6) is 0.347. The highest BCUT2D eigenvalue weighted by molar-refractivity contribution is 5.76. The zero-order valence-electron chi connectivity index (χ0n) is 12.9. The maximum Gasteiger partial charge on any atom is 0.398 e. The summed E-state index contributed by atoms with van der Waals surface area (Å²) in [4.78, 5) is 13.3. The van der Waals surface area contributed by atoms with E-state index in [1.807, 2.05) is 6.07 Å². The number of nitrogens with zero attached hydrogens (tertiary/aromatic N) is 1. The Morgan fingerprint density at radius 3 is 2.74 bits per heavy atom. The van der Waals surface area contributed by atoms with Gasteiger partial charge in [-0.15, -0.1) is 0 Å². The summed E-state index contributed by atoms with van der Waals surface area (Å²) < 4.78 is 44.3. The minimum Gasteiger partial charge on any atom is -0.497 e. The van der Waals surface area contributed by atoms with Crippen LogP contribution < -0.4 is 4.74 Å². The Morgan fingerprint density at radius 2 is 2.17 bits per heavy atom. The van der Waals surface area contributed by atoms with E-state index in [2.05, 4.69) is 0 Å². The number of aliphatic hydroxyl groups excluding tert-OH is 1. The van der Waals surface area contributed by atoms with Crippen molar-refractivity contribution in [1.29, 1.82) is 0 Å². The van der Waals surface area contributed by atoms with Gasteiger partial charge in [-0.1, -0.05) is 12.1 Å². The molecule has 1 unspecified atom stereocenters. The van der Waals surface area contributed by atoms with Crippen molar-refractivity contribution in [2.45, 2.75) is 25.4 Å². The number of methoxy groups -OCH3 is 1. The monoisotopic (exact) mass is 331 g/mol. The molecule has 0 radical (unpaired) electrons. The summed E-state index contributed by atoms with van der Waals surface area (Å²) in [6.45, 7) is -1.43. The number of likely N-dealkylation sites (tertiary alicyclic amines) is 1. The van der Waals surface area contributed by atoms with Gasteiger partial charge < -0.3 is 14.7 Å². The van der Waals surface area contributed by atoms with Crippen LogP contribution in [0, 0.1) is 5.41 Å². The fraction of sp³-hybridized carbons (Fsp3) is 0.562. The number of carbonyl (C=O) groups is 1. The first-order valence-electron chi connectivity index (χ1n) is 7.39. The smallest absolute Gasteiger partial charge is 0.398 e. The molecule has 1 aliphatic heterocycles. The minimum atomic E-state index is -4.51. The average Bonchev–Trinajstić information content (AvgIpc) is 2.98. The fourth-order valence-corrected chi connectivity index (χ4v) is 2.77. The zero-order valence-corrected chi connectivity index (χ0v) is 12.9. The van der Waals surface area contributed by atoms with Crippen molar-refractivity contribution >= 4 is 5.91 Å². The van der Waals surface area contributed by atoms with Crippen LogP contribution in [0.3, 0.4) is 0 Å². The summed E-state index contributed by atoms with van der Waals surface area (Å²) in [5, 5.41) is 9.15. The van der Waals surface area contributed by atoms with Gasteiger partial charge in [0.25, 0.3) is 0 Å². The number of carbonyl (C=O) groups excluding carboxylic acids is 1. The predicted molar refractivity (Wildman–Crippen MR) is 78.1 cm³/mol. The number of aryl methyl sites for hydroxylation is 1. The van der Waals surface area contributed by atoms with Crippen molar-refractivity contribution in [3.63, 3.8) is 0 Å². The third kappa shape index (κ3) is 3.77. The number of hydrogen-bond acceptors (Lipinski definition) is 3. The molecule has 2 rings (SSSR count). The first-order valence-corrected chi connectivity index (χ1v) is 7.39. The zero-order chi connectivity index (χ0) is 17.1. The molecule has 7 heteroatoms. The molecule has 1 aromatic rings. The summed E-state index contributed by atoms with van der Waals surface area (Å²) >= 11 is 0. The van der Waals surface area contributed by atoms with Gasteiger partial charge >= 0.3 is 6.18 Å². The van der Waals surface area contributed by atoms with E-state index in [0.717, 1.165) is 5.56 Å². The number of halogens is 3. The van der Waals surface area contributed by atoms with Crippen molar-refractivity contribution in [2.24, 2.45) is 5.41 Å². The summed E-state index contributed by atoms with van der Waals surface area (Å²) in [6, 6.07) is 7.22. The van der Waals surface area contributed by atoms with Crippen molar-refractivity contribution < 1.29 is 27.8 Å². The number of benzene rings is 1. The minimum absolute atomic E-state index is 0.0248. The van der Waals surface area contributed by atoms with Crippen LogP contribution in [-0.2, 0) is 11.2 Å². The molecule has 1 atom stereocenters. The summed E-state index contributed by atoms with van der Waals surface area (Å²) in [6.07, 6.45) is -4.20. The maximum absolute atomic E-state index is 13.1. The number of hydrogen-bond donors (Lipinski definition) is 1. The molecule has 1 saturated heterocycles. The molecule has 1 heterocycles. The van der Waals surface area contributed by atoms with Gasteiger partial charge in [-0.05, 0) is 30.5 Å². The van der Waals surface area contributed by atoms with Gasteiger partial charge in [0, 0.05) is 19.5 Å². The normalized spacial score (nSPS) is 21.5. The van der Waals surface area contributed by atoms with Gasteiger partial charge in [0.15, 0.2) is 0 Å². The standard InChI is InChI=1S/C16H20F3NO3/c1-23-13-4-2-3-12(9-13)5-6-14(22)20-8-7-15(10-20,11-21)16(17,18)19/h2-4,9,21H,5-8,10-11H2,1H3. The van der Waals surface area contributed by atoms with E-state index in [0.29, 0.717) is 12.2 Å². The highest BCUT2D eigenvalue weighted by Crippen LogP contribution is 2.45. The molecule has 1 fully saturated rings. The van der Waals surface area contributed by atoms with Crippen LogP contribution in [0.2, 0.25) is 0 Å². The third-order valence-corrected chi connectivity index (χ3v) is 4.37. The SMILES string of the molecule is COc1cccc(CCC(=O)N2CCC(CO)(C(F)(F)F)C2)c1. The molecule has 1 N–H and O–H groups in total. The molecule has 1 aromatic carbocycles. The van der Waals surface area contributed by atoms with E-state index in [9.17, 15) is 18.0 Å².